The lowest BCUT2D eigenvalue weighted by Crippen LogP contribution is -2.28. The molecule has 0 aliphatic heterocycles. The zero-order valence-corrected chi connectivity index (χ0v) is 10.7. The highest BCUT2D eigenvalue weighted by atomic mass is 32.2. The van der Waals surface area contributed by atoms with Crippen molar-refractivity contribution in [2.24, 2.45) is 5.14 Å². The third-order valence-corrected chi connectivity index (χ3v) is 2.95. The van der Waals surface area contributed by atoms with Gasteiger partial charge in [-0.15, -0.1) is 0 Å². The smallest absolute Gasteiger partial charge is 0.354 e. The van der Waals surface area contributed by atoms with Crippen LogP contribution < -0.4 is 10.5 Å². The highest BCUT2D eigenvalue weighted by Gasteiger charge is 2.11. The molecule has 0 aromatic carbocycles. The maximum Gasteiger partial charge on any atom is 0.354 e. The molecule has 8 nitrogen and oxygen atoms in total. The SMILES string of the molecule is NS(=O)(=O)CCCNC(=O)c1cccc(C(=O)O)n1. The first-order chi connectivity index (χ1) is 8.79. The number of hydrogen-bond acceptors (Lipinski definition) is 5. The van der Waals surface area contributed by atoms with Crippen molar-refractivity contribution in [3.63, 3.8) is 0 Å². The largest absolute Gasteiger partial charge is 0.477 e. The third-order valence-electron chi connectivity index (χ3n) is 2.09. The van der Waals surface area contributed by atoms with E-state index in [0.29, 0.717) is 0 Å². The summed E-state index contributed by atoms with van der Waals surface area (Å²) in [6.07, 6.45) is 0.170. The molecule has 0 saturated heterocycles. The van der Waals surface area contributed by atoms with E-state index in [-0.39, 0.29) is 30.1 Å². The summed E-state index contributed by atoms with van der Waals surface area (Å²) in [6, 6.07) is 4.03. The number of carboxylic acid groups (broad SMARTS) is 1. The van der Waals surface area contributed by atoms with Crippen LogP contribution in [0.4, 0.5) is 0 Å². The quantitative estimate of drug-likeness (QED) is 0.584. The van der Waals surface area contributed by atoms with E-state index in [1.807, 2.05) is 0 Å². The lowest BCUT2D eigenvalue weighted by Gasteiger charge is -2.04. The van der Waals surface area contributed by atoms with Gasteiger partial charge in [0.2, 0.25) is 10.0 Å². The lowest BCUT2D eigenvalue weighted by atomic mass is 10.3. The fourth-order valence-electron chi connectivity index (χ4n) is 1.25. The second kappa shape index (κ2) is 6.25. The summed E-state index contributed by atoms with van der Waals surface area (Å²) in [5.41, 5.74) is -0.285. The van der Waals surface area contributed by atoms with E-state index < -0.39 is 21.9 Å². The van der Waals surface area contributed by atoms with E-state index >= 15 is 0 Å². The van der Waals surface area contributed by atoms with Crippen LogP contribution >= 0.6 is 0 Å². The molecule has 0 fully saturated rings. The first-order valence-corrected chi connectivity index (χ1v) is 7.00. The third kappa shape index (κ3) is 5.44. The van der Waals surface area contributed by atoms with Crippen molar-refractivity contribution >= 4 is 21.9 Å². The standard InChI is InChI=1S/C10H13N3O5S/c11-19(17,18)6-2-5-12-9(14)7-3-1-4-8(13-7)10(15)16/h1,3-4H,2,5-6H2,(H,12,14)(H,15,16)(H2,11,17,18). The summed E-state index contributed by atoms with van der Waals surface area (Å²) in [5.74, 6) is -2.04. The number of pyridine rings is 1. The van der Waals surface area contributed by atoms with Crippen LogP contribution in [0.5, 0.6) is 0 Å². The van der Waals surface area contributed by atoms with Crippen molar-refractivity contribution in [1.82, 2.24) is 10.3 Å². The first kappa shape index (κ1) is 15.1. The molecule has 1 amide bonds. The molecule has 1 rings (SSSR count). The Morgan fingerprint density at radius 2 is 1.95 bits per heavy atom. The predicted octanol–water partition coefficient (Wildman–Crippen LogP) is -0.812. The van der Waals surface area contributed by atoms with Crippen LogP contribution in [-0.2, 0) is 10.0 Å². The molecule has 1 aromatic heterocycles. The molecule has 19 heavy (non-hydrogen) atoms. The van der Waals surface area contributed by atoms with Gasteiger partial charge in [-0.3, -0.25) is 4.79 Å². The number of primary sulfonamides is 1. The molecule has 4 N–H and O–H groups in total. The summed E-state index contributed by atoms with van der Waals surface area (Å²) < 4.78 is 21.3. The van der Waals surface area contributed by atoms with E-state index in [2.05, 4.69) is 10.3 Å². The molecule has 0 radical (unpaired) electrons. The highest BCUT2D eigenvalue weighted by Crippen LogP contribution is 1.99. The summed E-state index contributed by atoms with van der Waals surface area (Å²) in [6.45, 7) is 0.105. The molecule has 0 bridgehead atoms. The minimum Gasteiger partial charge on any atom is -0.477 e. The Hall–Kier alpha value is -2.00. The zero-order valence-electron chi connectivity index (χ0n) is 9.87. The Balaban J connectivity index is 2.54. The number of carbonyl (C=O) groups is 2. The molecular weight excluding hydrogens is 274 g/mol. The minimum atomic E-state index is -3.55. The van der Waals surface area contributed by atoms with Gasteiger partial charge in [0.1, 0.15) is 11.4 Å². The molecule has 0 unspecified atom stereocenters. The number of amides is 1. The fraction of sp³-hybridized carbons (Fsp3) is 0.300. The molecule has 0 aliphatic rings. The number of rotatable bonds is 6. The van der Waals surface area contributed by atoms with Crippen molar-refractivity contribution in [1.29, 1.82) is 0 Å². The minimum absolute atomic E-state index is 0.0458. The van der Waals surface area contributed by atoms with Gasteiger partial charge in [0.05, 0.1) is 5.75 Å². The van der Waals surface area contributed by atoms with Gasteiger partial charge in [-0.1, -0.05) is 6.07 Å². The second-order valence-corrected chi connectivity index (χ2v) is 5.42. The molecule has 104 valence electrons. The van der Waals surface area contributed by atoms with Crippen molar-refractivity contribution < 1.29 is 23.1 Å². The molecule has 0 spiro atoms. The molecular formula is C10H13N3O5S. The van der Waals surface area contributed by atoms with Crippen LogP contribution in [-0.4, -0.2) is 42.7 Å². The van der Waals surface area contributed by atoms with Crippen LogP contribution in [0.3, 0.4) is 0 Å². The Morgan fingerprint density at radius 1 is 1.32 bits per heavy atom. The van der Waals surface area contributed by atoms with E-state index in [4.69, 9.17) is 10.2 Å². The number of carboxylic acids is 1. The van der Waals surface area contributed by atoms with Gasteiger partial charge in [-0.25, -0.2) is 23.3 Å². The molecule has 0 saturated carbocycles. The fourth-order valence-corrected chi connectivity index (χ4v) is 1.79. The normalized spacial score (nSPS) is 11.0. The monoisotopic (exact) mass is 287 g/mol. The van der Waals surface area contributed by atoms with Gasteiger partial charge >= 0.3 is 5.97 Å². The number of nitrogens with zero attached hydrogens (tertiary/aromatic N) is 1. The van der Waals surface area contributed by atoms with Crippen molar-refractivity contribution in [2.75, 3.05) is 12.3 Å². The molecule has 0 atom stereocenters. The summed E-state index contributed by atoms with van der Waals surface area (Å²) in [7, 11) is -3.55. The van der Waals surface area contributed by atoms with Crippen LogP contribution in [0, 0.1) is 0 Å². The van der Waals surface area contributed by atoms with Crippen LogP contribution in [0.1, 0.15) is 27.4 Å². The molecule has 9 heteroatoms. The van der Waals surface area contributed by atoms with E-state index in [0.717, 1.165) is 0 Å². The maximum atomic E-state index is 11.6. The summed E-state index contributed by atoms with van der Waals surface area (Å²) >= 11 is 0. The number of hydrogen-bond donors (Lipinski definition) is 3. The van der Waals surface area contributed by atoms with Gasteiger partial charge in [-0.05, 0) is 18.6 Å². The second-order valence-electron chi connectivity index (χ2n) is 3.69. The first-order valence-electron chi connectivity index (χ1n) is 5.28. The topological polar surface area (TPSA) is 139 Å². The van der Waals surface area contributed by atoms with Crippen LogP contribution in [0.25, 0.3) is 0 Å². The molecule has 0 aliphatic carbocycles. The summed E-state index contributed by atoms with van der Waals surface area (Å²) in [4.78, 5) is 25.9. The zero-order chi connectivity index (χ0) is 14.5. The summed E-state index contributed by atoms with van der Waals surface area (Å²) in [5, 5.41) is 15.9. The van der Waals surface area contributed by atoms with Gasteiger partial charge in [0, 0.05) is 6.54 Å². The van der Waals surface area contributed by atoms with E-state index in [9.17, 15) is 18.0 Å². The van der Waals surface area contributed by atoms with Gasteiger partial charge in [0.15, 0.2) is 0 Å². The van der Waals surface area contributed by atoms with Crippen molar-refractivity contribution in [2.45, 2.75) is 6.42 Å². The number of aromatic carboxylic acids is 1. The number of sulfonamides is 1. The number of carbonyl (C=O) groups excluding carboxylic acids is 1. The number of aromatic nitrogens is 1. The number of nitrogens with one attached hydrogen (secondary N) is 1. The lowest BCUT2D eigenvalue weighted by molar-refractivity contribution is 0.0690. The number of nitrogens with two attached hydrogens (primary N) is 1. The molecule has 1 aromatic rings. The average Bonchev–Trinajstić information content (AvgIpc) is 2.33. The van der Waals surface area contributed by atoms with Crippen molar-refractivity contribution in [3.8, 4) is 0 Å². The van der Waals surface area contributed by atoms with Gasteiger partial charge in [0.25, 0.3) is 5.91 Å². The van der Waals surface area contributed by atoms with Gasteiger partial charge < -0.3 is 10.4 Å². The van der Waals surface area contributed by atoms with Crippen LogP contribution in [0.15, 0.2) is 18.2 Å². The highest BCUT2D eigenvalue weighted by molar-refractivity contribution is 7.89. The molecule has 1 heterocycles. The van der Waals surface area contributed by atoms with Gasteiger partial charge in [-0.2, -0.15) is 0 Å². The maximum absolute atomic E-state index is 11.6. The Morgan fingerprint density at radius 3 is 2.53 bits per heavy atom. The van der Waals surface area contributed by atoms with Crippen LogP contribution in [0.2, 0.25) is 0 Å². The van der Waals surface area contributed by atoms with E-state index in [1.54, 1.807) is 0 Å². The Labute approximate surface area is 109 Å². The predicted molar refractivity (Wildman–Crippen MR) is 66.1 cm³/mol. The van der Waals surface area contributed by atoms with E-state index in [1.165, 1.54) is 18.2 Å². The Kier molecular flexibility index (Phi) is 4.95. The van der Waals surface area contributed by atoms with Crippen molar-refractivity contribution in [3.05, 3.63) is 29.6 Å². The Bertz CT molecular complexity index is 585. The average molecular weight is 287 g/mol.